The number of likely N-dealkylation sites (N-methyl/N-ethyl adjacent to an activating group) is 1. The highest BCUT2D eigenvalue weighted by Gasteiger charge is 2.32. The first-order valence-corrected chi connectivity index (χ1v) is 13.2. The summed E-state index contributed by atoms with van der Waals surface area (Å²) in [5.41, 5.74) is 1.94. The van der Waals surface area contributed by atoms with Crippen molar-refractivity contribution in [2.24, 2.45) is 0 Å². The first-order chi connectivity index (χ1) is 15.6. The molecule has 2 rings (SSSR count). The number of nitrogens with zero attached hydrogens (tertiary/aromatic N) is 2. The van der Waals surface area contributed by atoms with E-state index in [1.165, 1.54) is 4.90 Å². The van der Waals surface area contributed by atoms with Crippen LogP contribution in [0.15, 0.2) is 48.5 Å². The summed E-state index contributed by atoms with van der Waals surface area (Å²) in [4.78, 5) is 27.8. The van der Waals surface area contributed by atoms with E-state index in [1.54, 1.807) is 43.3 Å². The van der Waals surface area contributed by atoms with E-state index in [9.17, 15) is 18.0 Å². The number of benzene rings is 2. The molecule has 0 aliphatic heterocycles. The van der Waals surface area contributed by atoms with Crippen molar-refractivity contribution in [1.29, 1.82) is 0 Å². The maximum Gasteiger partial charge on any atom is 0.244 e. The summed E-state index contributed by atoms with van der Waals surface area (Å²) in [6.45, 7) is 5.62. The molecule has 33 heavy (non-hydrogen) atoms. The van der Waals surface area contributed by atoms with Crippen molar-refractivity contribution in [1.82, 2.24) is 10.2 Å². The van der Waals surface area contributed by atoms with Crippen LogP contribution in [0.2, 0.25) is 5.02 Å². The molecule has 0 radical (unpaired) electrons. The first-order valence-electron chi connectivity index (χ1n) is 11.0. The molecule has 0 unspecified atom stereocenters. The molecule has 0 aliphatic rings. The molecule has 9 heteroatoms. The quantitative estimate of drug-likeness (QED) is 0.518. The van der Waals surface area contributed by atoms with Gasteiger partial charge in [0.05, 0.1) is 11.9 Å². The Morgan fingerprint density at radius 3 is 2.15 bits per heavy atom. The smallest absolute Gasteiger partial charge is 0.244 e. The fourth-order valence-electron chi connectivity index (χ4n) is 3.67. The molecular weight excluding hydrogens is 462 g/mol. The lowest BCUT2D eigenvalue weighted by Gasteiger charge is -2.33. The van der Waals surface area contributed by atoms with E-state index in [2.05, 4.69) is 5.32 Å². The Hall–Kier alpha value is -2.58. The molecule has 0 fully saturated rings. The highest BCUT2D eigenvalue weighted by atomic mass is 35.5. The number of amides is 2. The lowest BCUT2D eigenvalue weighted by atomic mass is 10.1. The molecule has 180 valence electrons. The van der Waals surface area contributed by atoms with E-state index in [4.69, 9.17) is 11.6 Å². The molecule has 0 aromatic heterocycles. The van der Waals surface area contributed by atoms with E-state index in [1.807, 2.05) is 26.0 Å². The van der Waals surface area contributed by atoms with Crippen LogP contribution in [0.25, 0.3) is 0 Å². The number of halogens is 1. The summed E-state index contributed by atoms with van der Waals surface area (Å²) >= 11 is 6.33. The summed E-state index contributed by atoms with van der Waals surface area (Å²) < 4.78 is 26.5. The molecule has 1 N–H and O–H groups in total. The molecule has 2 aromatic rings. The molecular formula is C24H32ClN3O4S. The normalized spacial score (nSPS) is 12.2. The predicted molar refractivity (Wildman–Crippen MR) is 133 cm³/mol. The van der Waals surface area contributed by atoms with Crippen LogP contribution >= 0.6 is 11.6 Å². The van der Waals surface area contributed by atoms with Gasteiger partial charge in [-0.15, -0.1) is 0 Å². The van der Waals surface area contributed by atoms with E-state index in [0.717, 1.165) is 16.1 Å². The van der Waals surface area contributed by atoms with Crippen LogP contribution in [0.3, 0.4) is 0 Å². The molecule has 0 heterocycles. The molecule has 7 nitrogen and oxygen atoms in total. The second kappa shape index (κ2) is 12.0. The number of para-hydroxylation sites is 1. The van der Waals surface area contributed by atoms with Crippen molar-refractivity contribution < 1.29 is 18.0 Å². The predicted octanol–water partition coefficient (Wildman–Crippen LogP) is 3.61. The zero-order valence-corrected chi connectivity index (χ0v) is 21.1. The molecule has 0 spiro atoms. The largest absolute Gasteiger partial charge is 0.355 e. The minimum Gasteiger partial charge on any atom is -0.355 e. The van der Waals surface area contributed by atoms with Crippen molar-refractivity contribution in [3.05, 3.63) is 64.7 Å². The van der Waals surface area contributed by atoms with Crippen LogP contribution in [0, 0.1) is 0 Å². The monoisotopic (exact) mass is 493 g/mol. The number of hydrogen-bond donors (Lipinski definition) is 1. The lowest BCUT2D eigenvalue weighted by Crippen LogP contribution is -2.52. The van der Waals surface area contributed by atoms with Crippen LogP contribution in [0.4, 0.5) is 5.69 Å². The number of nitrogens with one attached hydrogen (secondary N) is 1. The second-order valence-corrected chi connectivity index (χ2v) is 10.00. The third-order valence-corrected chi connectivity index (χ3v) is 6.85. The molecule has 2 aromatic carbocycles. The number of rotatable bonds is 11. The average molecular weight is 494 g/mol. The van der Waals surface area contributed by atoms with E-state index in [0.29, 0.717) is 35.7 Å². The Morgan fingerprint density at radius 1 is 1.00 bits per heavy atom. The van der Waals surface area contributed by atoms with E-state index in [-0.39, 0.29) is 12.5 Å². The molecule has 0 bridgehead atoms. The van der Waals surface area contributed by atoms with Crippen molar-refractivity contribution in [2.45, 2.75) is 46.2 Å². The number of sulfonamides is 1. The van der Waals surface area contributed by atoms with Gasteiger partial charge in [0.2, 0.25) is 21.8 Å². The van der Waals surface area contributed by atoms with Crippen LogP contribution < -0.4 is 9.62 Å². The summed E-state index contributed by atoms with van der Waals surface area (Å²) in [7, 11) is -3.76. The van der Waals surface area contributed by atoms with Gasteiger partial charge in [-0.3, -0.25) is 13.9 Å². The van der Waals surface area contributed by atoms with Gasteiger partial charge < -0.3 is 10.2 Å². The van der Waals surface area contributed by atoms with Gasteiger partial charge in [-0.2, -0.15) is 0 Å². The van der Waals surface area contributed by atoms with Gasteiger partial charge in [-0.1, -0.05) is 61.8 Å². The third kappa shape index (κ3) is 6.95. The van der Waals surface area contributed by atoms with Crippen LogP contribution in [-0.4, -0.2) is 50.5 Å². The van der Waals surface area contributed by atoms with Gasteiger partial charge in [0.15, 0.2) is 0 Å². The Kier molecular flexibility index (Phi) is 9.73. The van der Waals surface area contributed by atoms with Gasteiger partial charge in [0.25, 0.3) is 0 Å². The Labute approximate surface area is 201 Å². The number of aryl methyl sites for hydroxylation is 1. The highest BCUT2D eigenvalue weighted by Crippen LogP contribution is 2.25. The molecule has 2 amide bonds. The average Bonchev–Trinajstić information content (AvgIpc) is 2.77. The van der Waals surface area contributed by atoms with Gasteiger partial charge in [0, 0.05) is 18.1 Å². The van der Waals surface area contributed by atoms with Crippen LogP contribution in [0.5, 0.6) is 0 Å². The van der Waals surface area contributed by atoms with Crippen molar-refractivity contribution in [3.63, 3.8) is 0 Å². The Bertz CT molecular complexity index is 1070. The number of anilines is 1. The summed E-state index contributed by atoms with van der Waals surface area (Å²) in [6.07, 6.45) is 2.05. The van der Waals surface area contributed by atoms with Crippen molar-refractivity contribution in [2.75, 3.05) is 23.7 Å². The zero-order valence-electron chi connectivity index (χ0n) is 19.5. The SMILES string of the molecule is CCNC(=O)[C@H](CC)N(Cc1ccccc1Cl)C(=O)CN(c1ccccc1CC)S(C)(=O)=O. The fraction of sp³-hybridized carbons (Fsp3) is 0.417. The number of carbonyl (C=O) groups excluding carboxylic acids is 2. The minimum atomic E-state index is -3.76. The Morgan fingerprint density at radius 2 is 1.61 bits per heavy atom. The summed E-state index contributed by atoms with van der Waals surface area (Å²) in [5, 5.41) is 3.24. The van der Waals surface area contributed by atoms with E-state index >= 15 is 0 Å². The first kappa shape index (κ1) is 26.7. The summed E-state index contributed by atoms with van der Waals surface area (Å²) in [5.74, 6) is -0.773. The zero-order chi connectivity index (χ0) is 24.6. The third-order valence-electron chi connectivity index (χ3n) is 5.36. The molecule has 0 saturated heterocycles. The van der Waals surface area contributed by atoms with Gasteiger partial charge in [-0.05, 0) is 43.0 Å². The topological polar surface area (TPSA) is 86.8 Å². The van der Waals surface area contributed by atoms with Crippen molar-refractivity contribution in [3.8, 4) is 0 Å². The highest BCUT2D eigenvalue weighted by molar-refractivity contribution is 7.92. The maximum atomic E-state index is 13.6. The molecule has 0 aliphatic carbocycles. The van der Waals surface area contributed by atoms with Gasteiger partial charge in [-0.25, -0.2) is 8.42 Å². The van der Waals surface area contributed by atoms with E-state index < -0.39 is 28.5 Å². The number of carbonyl (C=O) groups is 2. The van der Waals surface area contributed by atoms with Crippen LogP contribution in [-0.2, 0) is 32.6 Å². The van der Waals surface area contributed by atoms with Crippen molar-refractivity contribution >= 4 is 39.1 Å². The molecule has 1 atom stereocenters. The second-order valence-electron chi connectivity index (χ2n) is 7.68. The Balaban J connectivity index is 2.48. The van der Waals surface area contributed by atoms with Crippen LogP contribution in [0.1, 0.15) is 38.3 Å². The van der Waals surface area contributed by atoms with Gasteiger partial charge in [0.1, 0.15) is 12.6 Å². The standard InChI is InChI=1S/C24H32ClN3O4S/c1-5-18-12-9-11-15-22(18)28(33(4,31)32)17-23(29)27(21(6-2)24(30)26-7-3)16-19-13-8-10-14-20(19)25/h8-15,21H,5-7,16-17H2,1-4H3,(H,26,30)/t21-/m0/s1. The van der Waals surface area contributed by atoms with Gasteiger partial charge >= 0.3 is 0 Å². The minimum absolute atomic E-state index is 0.0845. The number of hydrogen-bond acceptors (Lipinski definition) is 4. The maximum absolute atomic E-state index is 13.6. The molecule has 0 saturated carbocycles. The fourth-order valence-corrected chi connectivity index (χ4v) is 4.75. The summed E-state index contributed by atoms with van der Waals surface area (Å²) in [6, 6.07) is 13.4. The lowest BCUT2D eigenvalue weighted by molar-refractivity contribution is -0.140.